The van der Waals surface area contributed by atoms with Crippen LogP contribution in [0.25, 0.3) is 5.69 Å². The van der Waals surface area contributed by atoms with Gasteiger partial charge < -0.3 is 24.1 Å². The first kappa shape index (κ1) is 29.1. The smallest absolute Gasteiger partial charge is 0.241 e. The molecule has 14 heteroatoms. The second-order valence-corrected chi connectivity index (χ2v) is 10.4. The van der Waals surface area contributed by atoms with Crippen LogP contribution in [0, 0.1) is 0 Å². The van der Waals surface area contributed by atoms with Gasteiger partial charge in [0, 0.05) is 25.9 Å². The molecule has 3 unspecified atom stereocenters. The Hall–Kier alpha value is -3.94. The lowest BCUT2D eigenvalue weighted by Crippen LogP contribution is -2.29. The van der Waals surface area contributed by atoms with E-state index >= 15 is 0 Å². The lowest BCUT2D eigenvalue weighted by Gasteiger charge is -2.22. The van der Waals surface area contributed by atoms with E-state index in [4.69, 9.17) is 30.5 Å². The number of halogens is 1. The summed E-state index contributed by atoms with van der Waals surface area (Å²) in [5.41, 5.74) is 0.506. The number of ether oxygens (including phenoxy) is 4. The molecule has 40 heavy (non-hydrogen) atoms. The Labute approximate surface area is 238 Å². The Morgan fingerprint density at radius 2 is 1.65 bits per heavy atom. The van der Waals surface area contributed by atoms with Gasteiger partial charge >= 0.3 is 0 Å². The number of benzene rings is 2. The molecule has 212 valence electrons. The number of anilines is 1. The average Bonchev–Trinajstić information content (AvgIpc) is 3.36. The second-order valence-electron chi connectivity index (χ2n) is 8.37. The van der Waals surface area contributed by atoms with Crippen molar-refractivity contribution in [3.05, 3.63) is 71.5 Å². The Kier molecular flexibility index (Phi) is 9.74. The predicted octanol–water partition coefficient (Wildman–Crippen LogP) is 3.91. The zero-order valence-electron chi connectivity index (χ0n) is 22.3. The van der Waals surface area contributed by atoms with E-state index < -0.39 is 22.3 Å². The van der Waals surface area contributed by atoms with Gasteiger partial charge in [-0.05, 0) is 31.2 Å². The molecule has 2 aromatic heterocycles. The molecule has 0 aliphatic rings. The number of phenolic OH excluding ortho intramolecular Hbond substituents is 1. The van der Waals surface area contributed by atoms with E-state index in [0.717, 1.165) is 0 Å². The molecule has 2 aromatic carbocycles. The van der Waals surface area contributed by atoms with Crippen LogP contribution in [-0.2, 0) is 22.1 Å². The topological polar surface area (TPSA) is 143 Å². The lowest BCUT2D eigenvalue weighted by atomic mass is 10.2. The highest BCUT2D eigenvalue weighted by Crippen LogP contribution is 2.36. The minimum absolute atomic E-state index is 0.0273. The number of hydrogen-bond acceptors (Lipinski definition) is 10. The lowest BCUT2D eigenvalue weighted by molar-refractivity contribution is 0.0961. The van der Waals surface area contributed by atoms with Crippen LogP contribution >= 0.6 is 11.6 Å². The van der Waals surface area contributed by atoms with E-state index in [1.54, 1.807) is 54.0 Å². The summed E-state index contributed by atoms with van der Waals surface area (Å²) in [4.78, 5) is 8.42. The molecule has 2 N–H and O–H groups in total. The maximum atomic E-state index is 13.5. The fourth-order valence-electron chi connectivity index (χ4n) is 3.93. The van der Waals surface area contributed by atoms with E-state index in [2.05, 4.69) is 24.9 Å². The number of hydrogen-bond donors (Lipinski definition) is 2. The summed E-state index contributed by atoms with van der Waals surface area (Å²) < 4.78 is 40.7. The Bertz CT molecular complexity index is 1430. The largest absolute Gasteiger partial charge is 0.504 e. The standard InChI is InChI=1S/C26H29ClN6O6S/c1-16(24(38-4)25-28-14-17(27)15-29-25)40(35)32-26-31-30-22(12-13-39-19-9-6-5-8-18(19)34)33(26)23-20(36-2)10-7-11-21(23)37-3/h5-11,14-16,24,34H,12-13H2,1-4H3,(H,31,32). The van der Waals surface area contributed by atoms with Crippen LogP contribution in [0.5, 0.6) is 23.0 Å². The van der Waals surface area contributed by atoms with Gasteiger partial charge in [0.1, 0.15) is 40.1 Å². The normalized spacial score (nSPS) is 13.3. The van der Waals surface area contributed by atoms with Crippen LogP contribution in [0.3, 0.4) is 0 Å². The molecule has 4 rings (SSSR count). The second kappa shape index (κ2) is 13.4. The van der Waals surface area contributed by atoms with Crippen molar-refractivity contribution >= 4 is 28.5 Å². The molecule has 0 spiro atoms. The predicted molar refractivity (Wildman–Crippen MR) is 150 cm³/mol. The maximum Gasteiger partial charge on any atom is 0.241 e. The SMILES string of the molecule is COc1cccc(OC)c1-n1c(CCOc2ccccc2O)nnc1NS(=O)C(C)C(OC)c1ncc(Cl)cn1. The van der Waals surface area contributed by atoms with Crippen LogP contribution in [0.1, 0.15) is 24.7 Å². The van der Waals surface area contributed by atoms with Crippen molar-refractivity contribution in [1.82, 2.24) is 24.7 Å². The van der Waals surface area contributed by atoms with Gasteiger partial charge in [-0.3, -0.25) is 9.29 Å². The van der Waals surface area contributed by atoms with Crippen molar-refractivity contribution in [1.29, 1.82) is 0 Å². The monoisotopic (exact) mass is 588 g/mol. The summed E-state index contributed by atoms with van der Waals surface area (Å²) in [5.74, 6) is 2.31. The molecular weight excluding hydrogens is 560 g/mol. The van der Waals surface area contributed by atoms with E-state index in [-0.39, 0.29) is 24.7 Å². The minimum Gasteiger partial charge on any atom is -0.504 e. The van der Waals surface area contributed by atoms with E-state index in [0.29, 0.717) is 39.6 Å². The molecular formula is C26H29ClN6O6S. The van der Waals surface area contributed by atoms with Crippen molar-refractivity contribution in [3.8, 4) is 28.7 Å². The molecule has 0 aliphatic heterocycles. The molecule has 12 nitrogen and oxygen atoms in total. The highest BCUT2D eigenvalue weighted by molar-refractivity contribution is 7.87. The number of aromatic nitrogens is 5. The maximum absolute atomic E-state index is 13.5. The van der Waals surface area contributed by atoms with Gasteiger partial charge in [-0.1, -0.05) is 29.8 Å². The molecule has 0 bridgehead atoms. The van der Waals surface area contributed by atoms with Crippen LogP contribution in [0.4, 0.5) is 5.95 Å². The highest BCUT2D eigenvalue weighted by Gasteiger charge is 2.29. The summed E-state index contributed by atoms with van der Waals surface area (Å²) in [6, 6.07) is 12.0. The molecule has 0 aliphatic carbocycles. The zero-order valence-corrected chi connectivity index (χ0v) is 23.8. The summed E-state index contributed by atoms with van der Waals surface area (Å²) >= 11 is 5.92. The molecule has 3 atom stereocenters. The van der Waals surface area contributed by atoms with Crippen LogP contribution in [0.2, 0.25) is 5.02 Å². The number of para-hydroxylation sites is 3. The van der Waals surface area contributed by atoms with Gasteiger partial charge in [0.05, 0.1) is 31.1 Å². The number of rotatable bonds is 13. The Balaban J connectivity index is 1.66. The summed E-state index contributed by atoms with van der Waals surface area (Å²) in [7, 11) is 2.82. The van der Waals surface area contributed by atoms with Gasteiger partial charge in [0.25, 0.3) is 0 Å². The molecule has 0 saturated carbocycles. The highest BCUT2D eigenvalue weighted by atomic mass is 35.5. The Morgan fingerprint density at radius 1 is 1.00 bits per heavy atom. The number of nitrogens with one attached hydrogen (secondary N) is 1. The van der Waals surface area contributed by atoms with Crippen LogP contribution < -0.4 is 18.9 Å². The number of methoxy groups -OCH3 is 3. The first-order valence-corrected chi connectivity index (χ1v) is 13.7. The van der Waals surface area contributed by atoms with Crippen molar-refractivity contribution in [2.24, 2.45) is 0 Å². The van der Waals surface area contributed by atoms with E-state index in [1.165, 1.54) is 33.7 Å². The zero-order chi connectivity index (χ0) is 28.6. The van der Waals surface area contributed by atoms with E-state index in [9.17, 15) is 9.32 Å². The minimum atomic E-state index is -1.74. The number of aromatic hydroxyl groups is 1. The van der Waals surface area contributed by atoms with Crippen molar-refractivity contribution in [2.75, 3.05) is 32.7 Å². The third kappa shape index (κ3) is 6.43. The first-order chi connectivity index (χ1) is 19.4. The van der Waals surface area contributed by atoms with E-state index in [1.807, 2.05) is 0 Å². The third-order valence-corrected chi connectivity index (χ3v) is 7.41. The van der Waals surface area contributed by atoms with Crippen LogP contribution in [0.15, 0.2) is 54.9 Å². The van der Waals surface area contributed by atoms with Crippen molar-refractivity contribution in [2.45, 2.75) is 24.7 Å². The van der Waals surface area contributed by atoms with Gasteiger partial charge in [-0.25, -0.2) is 14.2 Å². The molecule has 0 saturated heterocycles. The quantitative estimate of drug-likeness (QED) is 0.236. The van der Waals surface area contributed by atoms with Gasteiger partial charge in [0.15, 0.2) is 17.3 Å². The molecule has 4 aromatic rings. The van der Waals surface area contributed by atoms with Crippen molar-refractivity contribution < 1.29 is 28.3 Å². The van der Waals surface area contributed by atoms with Gasteiger partial charge in [0.2, 0.25) is 5.95 Å². The van der Waals surface area contributed by atoms with Crippen LogP contribution in [-0.4, -0.2) is 67.2 Å². The Morgan fingerprint density at radius 3 is 2.27 bits per heavy atom. The summed E-state index contributed by atoms with van der Waals surface area (Å²) in [6.45, 7) is 1.91. The molecule has 0 fully saturated rings. The molecule has 2 heterocycles. The van der Waals surface area contributed by atoms with Crippen molar-refractivity contribution in [3.63, 3.8) is 0 Å². The fourth-order valence-corrected chi connectivity index (χ4v) is 4.99. The molecule has 0 radical (unpaired) electrons. The number of nitrogens with zero attached hydrogens (tertiary/aromatic N) is 5. The summed E-state index contributed by atoms with van der Waals surface area (Å²) in [5, 5.41) is 18.4. The van der Waals surface area contributed by atoms with Gasteiger partial charge in [-0.2, -0.15) is 0 Å². The third-order valence-electron chi connectivity index (χ3n) is 5.91. The number of phenols is 1. The van der Waals surface area contributed by atoms with Gasteiger partial charge in [-0.15, -0.1) is 10.2 Å². The average molecular weight is 589 g/mol. The fraction of sp³-hybridized carbons (Fsp3) is 0.308. The first-order valence-electron chi connectivity index (χ1n) is 12.1. The molecule has 0 amide bonds. The summed E-state index contributed by atoms with van der Waals surface area (Å²) in [6.07, 6.45) is 2.49.